The van der Waals surface area contributed by atoms with Gasteiger partial charge in [-0.25, -0.2) is 0 Å². The van der Waals surface area contributed by atoms with Gasteiger partial charge in [-0.1, -0.05) is 6.07 Å². The monoisotopic (exact) mass is 267 g/mol. The third kappa shape index (κ3) is 1.68. The Morgan fingerprint density at radius 2 is 2.33 bits per heavy atom. The molecule has 2 aliphatic rings. The van der Waals surface area contributed by atoms with E-state index in [4.69, 9.17) is 4.74 Å². The van der Waals surface area contributed by atoms with Gasteiger partial charge in [-0.3, -0.25) is 0 Å². The van der Waals surface area contributed by atoms with E-state index in [-0.39, 0.29) is 0 Å². The van der Waals surface area contributed by atoms with Crippen molar-refractivity contribution in [2.45, 2.75) is 18.8 Å². The van der Waals surface area contributed by atoms with E-state index >= 15 is 0 Å². The van der Waals surface area contributed by atoms with Gasteiger partial charge >= 0.3 is 0 Å². The minimum Gasteiger partial charge on any atom is -0.492 e. The fourth-order valence-electron chi connectivity index (χ4n) is 2.46. The Hall–Kier alpha value is -0.540. The molecule has 0 bridgehead atoms. The van der Waals surface area contributed by atoms with Gasteiger partial charge in [0.1, 0.15) is 5.75 Å². The molecule has 0 aromatic heterocycles. The van der Waals surface area contributed by atoms with Crippen molar-refractivity contribution in [3.63, 3.8) is 0 Å². The SMILES string of the molecule is Brc1cc(C2CCNC2)cc2c1OCC2. The topological polar surface area (TPSA) is 21.3 Å². The molecule has 1 N–H and O–H groups in total. The third-order valence-electron chi connectivity index (χ3n) is 3.29. The fourth-order valence-corrected chi connectivity index (χ4v) is 3.09. The average molecular weight is 268 g/mol. The van der Waals surface area contributed by atoms with Gasteiger partial charge in [-0.2, -0.15) is 0 Å². The molecule has 0 radical (unpaired) electrons. The molecule has 0 saturated carbocycles. The lowest BCUT2D eigenvalue weighted by atomic mass is 9.96. The molecule has 3 rings (SSSR count). The summed E-state index contributed by atoms with van der Waals surface area (Å²) >= 11 is 3.60. The highest BCUT2D eigenvalue weighted by Gasteiger charge is 2.22. The lowest BCUT2D eigenvalue weighted by Gasteiger charge is -2.11. The van der Waals surface area contributed by atoms with Crippen molar-refractivity contribution in [3.05, 3.63) is 27.7 Å². The largest absolute Gasteiger partial charge is 0.492 e. The molecule has 1 fully saturated rings. The summed E-state index contributed by atoms with van der Waals surface area (Å²) in [5.41, 5.74) is 2.82. The van der Waals surface area contributed by atoms with E-state index in [2.05, 4.69) is 33.4 Å². The average Bonchev–Trinajstić information content (AvgIpc) is 2.88. The predicted octanol–water partition coefficient (Wildman–Crippen LogP) is 2.46. The number of benzene rings is 1. The van der Waals surface area contributed by atoms with Gasteiger partial charge in [-0.15, -0.1) is 0 Å². The van der Waals surface area contributed by atoms with Crippen LogP contribution in [0, 0.1) is 0 Å². The molecule has 0 aliphatic carbocycles. The molecule has 3 heteroatoms. The maximum atomic E-state index is 5.58. The molecule has 2 heterocycles. The van der Waals surface area contributed by atoms with Crippen LogP contribution in [-0.4, -0.2) is 19.7 Å². The summed E-state index contributed by atoms with van der Waals surface area (Å²) in [6, 6.07) is 4.55. The molecular formula is C12H14BrNO. The van der Waals surface area contributed by atoms with Crippen LogP contribution in [0.5, 0.6) is 5.75 Å². The number of halogens is 1. The quantitative estimate of drug-likeness (QED) is 0.844. The van der Waals surface area contributed by atoms with Crippen molar-refractivity contribution < 1.29 is 4.74 Å². The lowest BCUT2D eigenvalue weighted by molar-refractivity contribution is 0.355. The summed E-state index contributed by atoms with van der Waals surface area (Å²) in [4.78, 5) is 0. The van der Waals surface area contributed by atoms with Crippen molar-refractivity contribution in [1.29, 1.82) is 0 Å². The molecule has 1 aromatic rings. The number of ether oxygens (including phenoxy) is 1. The first kappa shape index (κ1) is 9.67. The minimum atomic E-state index is 0.687. The zero-order chi connectivity index (χ0) is 10.3. The normalized spacial score (nSPS) is 23.9. The van der Waals surface area contributed by atoms with Gasteiger partial charge < -0.3 is 10.1 Å². The zero-order valence-electron chi connectivity index (χ0n) is 8.55. The number of rotatable bonds is 1. The van der Waals surface area contributed by atoms with Crippen LogP contribution in [0.3, 0.4) is 0 Å². The van der Waals surface area contributed by atoms with Gasteiger partial charge in [0.2, 0.25) is 0 Å². The molecule has 0 amide bonds. The molecule has 2 aliphatic heterocycles. The molecule has 1 saturated heterocycles. The van der Waals surface area contributed by atoms with E-state index in [9.17, 15) is 0 Å². The van der Waals surface area contributed by atoms with Crippen LogP contribution in [-0.2, 0) is 6.42 Å². The maximum absolute atomic E-state index is 5.58. The Morgan fingerprint density at radius 1 is 1.40 bits per heavy atom. The van der Waals surface area contributed by atoms with Crippen LogP contribution in [0.4, 0.5) is 0 Å². The van der Waals surface area contributed by atoms with Crippen molar-refractivity contribution in [2.24, 2.45) is 0 Å². The van der Waals surface area contributed by atoms with E-state index in [0.29, 0.717) is 5.92 Å². The zero-order valence-corrected chi connectivity index (χ0v) is 10.1. The molecule has 0 spiro atoms. The van der Waals surface area contributed by atoms with Crippen LogP contribution in [0.25, 0.3) is 0 Å². The Labute approximate surface area is 98.1 Å². The highest BCUT2D eigenvalue weighted by molar-refractivity contribution is 9.10. The first-order valence-electron chi connectivity index (χ1n) is 5.50. The Kier molecular flexibility index (Phi) is 2.45. The number of hydrogen-bond donors (Lipinski definition) is 1. The number of hydrogen-bond acceptors (Lipinski definition) is 2. The second kappa shape index (κ2) is 3.80. The van der Waals surface area contributed by atoms with Crippen LogP contribution in [0.2, 0.25) is 0 Å². The smallest absolute Gasteiger partial charge is 0.136 e. The third-order valence-corrected chi connectivity index (χ3v) is 3.88. The van der Waals surface area contributed by atoms with Gasteiger partial charge in [0.25, 0.3) is 0 Å². The molecular weight excluding hydrogens is 254 g/mol. The first-order chi connectivity index (χ1) is 7.34. The fraction of sp³-hybridized carbons (Fsp3) is 0.500. The van der Waals surface area contributed by atoms with E-state index in [1.54, 1.807) is 0 Å². The van der Waals surface area contributed by atoms with Crippen LogP contribution in [0.15, 0.2) is 16.6 Å². The van der Waals surface area contributed by atoms with E-state index in [0.717, 1.165) is 36.3 Å². The summed E-state index contributed by atoms with van der Waals surface area (Å²) in [5.74, 6) is 1.75. The summed E-state index contributed by atoms with van der Waals surface area (Å²) in [5, 5.41) is 3.41. The second-order valence-corrected chi connectivity index (χ2v) is 5.13. The Bertz CT molecular complexity index is 385. The minimum absolute atomic E-state index is 0.687. The molecule has 1 aromatic carbocycles. The van der Waals surface area contributed by atoms with Gasteiger partial charge in [-0.05, 0) is 52.0 Å². The Morgan fingerprint density at radius 3 is 3.13 bits per heavy atom. The van der Waals surface area contributed by atoms with Crippen molar-refractivity contribution >= 4 is 15.9 Å². The van der Waals surface area contributed by atoms with E-state index in [1.807, 2.05) is 0 Å². The number of fused-ring (bicyclic) bond motifs is 1. The van der Waals surface area contributed by atoms with Crippen LogP contribution < -0.4 is 10.1 Å². The molecule has 15 heavy (non-hydrogen) atoms. The molecule has 1 atom stereocenters. The highest BCUT2D eigenvalue weighted by Crippen LogP contribution is 2.37. The Balaban J connectivity index is 1.99. The van der Waals surface area contributed by atoms with Crippen LogP contribution >= 0.6 is 15.9 Å². The lowest BCUT2D eigenvalue weighted by Crippen LogP contribution is -2.08. The summed E-state index contributed by atoms with van der Waals surface area (Å²) in [6.45, 7) is 3.10. The summed E-state index contributed by atoms with van der Waals surface area (Å²) in [6.07, 6.45) is 2.31. The first-order valence-corrected chi connectivity index (χ1v) is 6.30. The van der Waals surface area contributed by atoms with E-state index < -0.39 is 0 Å². The number of nitrogens with one attached hydrogen (secondary N) is 1. The van der Waals surface area contributed by atoms with Crippen molar-refractivity contribution in [3.8, 4) is 5.75 Å². The highest BCUT2D eigenvalue weighted by atomic mass is 79.9. The van der Waals surface area contributed by atoms with Crippen molar-refractivity contribution in [2.75, 3.05) is 19.7 Å². The van der Waals surface area contributed by atoms with Crippen LogP contribution in [0.1, 0.15) is 23.5 Å². The molecule has 2 nitrogen and oxygen atoms in total. The second-order valence-electron chi connectivity index (χ2n) is 4.28. The van der Waals surface area contributed by atoms with Gasteiger partial charge in [0.05, 0.1) is 11.1 Å². The van der Waals surface area contributed by atoms with Crippen molar-refractivity contribution in [1.82, 2.24) is 5.32 Å². The predicted molar refractivity (Wildman–Crippen MR) is 63.6 cm³/mol. The summed E-state index contributed by atoms with van der Waals surface area (Å²) < 4.78 is 6.71. The van der Waals surface area contributed by atoms with Gasteiger partial charge in [0, 0.05) is 13.0 Å². The molecule has 1 unspecified atom stereocenters. The van der Waals surface area contributed by atoms with E-state index in [1.165, 1.54) is 17.5 Å². The standard InChI is InChI=1S/C12H14BrNO/c13-11-6-10(9-1-3-14-7-9)5-8-2-4-15-12(8)11/h5-6,9,14H,1-4,7H2. The summed E-state index contributed by atoms with van der Waals surface area (Å²) in [7, 11) is 0. The maximum Gasteiger partial charge on any atom is 0.136 e. The molecule has 80 valence electrons. The van der Waals surface area contributed by atoms with Gasteiger partial charge in [0.15, 0.2) is 0 Å².